The lowest BCUT2D eigenvalue weighted by Crippen LogP contribution is -1.99. The Bertz CT molecular complexity index is 342. The molecular weight excluding hydrogens is 190 g/mol. The largest absolute Gasteiger partial charge is 0.478 e. The summed E-state index contributed by atoms with van der Waals surface area (Å²) in [7, 11) is 0. The van der Waals surface area contributed by atoms with Gasteiger partial charge in [-0.05, 0) is 24.6 Å². The number of rotatable bonds is 2. The summed E-state index contributed by atoms with van der Waals surface area (Å²) in [4.78, 5) is 14.5. The molecule has 1 rings (SSSR count). The van der Waals surface area contributed by atoms with Crippen molar-refractivity contribution in [2.45, 2.75) is 6.92 Å². The van der Waals surface area contributed by atoms with Gasteiger partial charge in [0.2, 0.25) is 0 Å². The Morgan fingerprint density at radius 2 is 2.23 bits per heavy atom. The quantitative estimate of drug-likeness (QED) is 0.741. The molecule has 1 heterocycles. The van der Waals surface area contributed by atoms with E-state index in [-0.39, 0.29) is 10.7 Å². The molecule has 0 saturated heterocycles. The van der Waals surface area contributed by atoms with Crippen molar-refractivity contribution in [2.24, 2.45) is 0 Å². The number of carboxylic acid groups (broad SMARTS) is 1. The first-order chi connectivity index (χ1) is 6.00. The standard InChI is InChI=1S/C9H8ClNO2/c1-5(2)7-3-6(9(12)13)4-8(10)11-7/h3-4H,1H2,2H3,(H,12,13). The van der Waals surface area contributed by atoms with Crippen LogP contribution in [0.2, 0.25) is 5.15 Å². The highest BCUT2D eigenvalue weighted by Crippen LogP contribution is 2.15. The Hall–Kier alpha value is -1.35. The van der Waals surface area contributed by atoms with Gasteiger partial charge in [-0.25, -0.2) is 9.78 Å². The highest BCUT2D eigenvalue weighted by atomic mass is 35.5. The molecule has 1 aromatic rings. The third-order valence-corrected chi connectivity index (χ3v) is 1.67. The van der Waals surface area contributed by atoms with Crippen molar-refractivity contribution in [3.05, 3.63) is 35.1 Å². The second-order valence-corrected chi connectivity index (χ2v) is 3.04. The molecule has 1 aromatic heterocycles. The molecule has 0 aliphatic heterocycles. The number of aromatic carboxylic acids is 1. The summed E-state index contributed by atoms with van der Waals surface area (Å²) in [6, 6.07) is 2.74. The molecule has 0 aromatic carbocycles. The van der Waals surface area contributed by atoms with E-state index in [1.165, 1.54) is 12.1 Å². The summed E-state index contributed by atoms with van der Waals surface area (Å²) in [6.45, 7) is 5.39. The minimum Gasteiger partial charge on any atom is -0.478 e. The maximum atomic E-state index is 10.6. The van der Waals surface area contributed by atoms with Gasteiger partial charge in [0.05, 0.1) is 11.3 Å². The molecule has 0 saturated carbocycles. The average Bonchev–Trinajstić information content (AvgIpc) is 2.03. The van der Waals surface area contributed by atoms with Crippen LogP contribution in [0.5, 0.6) is 0 Å². The normalized spacial score (nSPS) is 9.69. The Morgan fingerprint density at radius 3 is 2.69 bits per heavy atom. The number of hydrogen-bond acceptors (Lipinski definition) is 2. The Morgan fingerprint density at radius 1 is 1.62 bits per heavy atom. The maximum Gasteiger partial charge on any atom is 0.335 e. The highest BCUT2D eigenvalue weighted by Gasteiger charge is 2.07. The van der Waals surface area contributed by atoms with Gasteiger partial charge in [0, 0.05) is 0 Å². The zero-order valence-electron chi connectivity index (χ0n) is 7.04. The van der Waals surface area contributed by atoms with E-state index in [1.807, 2.05) is 0 Å². The minimum absolute atomic E-state index is 0.123. The Balaban J connectivity index is 3.26. The van der Waals surface area contributed by atoms with Crippen molar-refractivity contribution in [3.8, 4) is 0 Å². The van der Waals surface area contributed by atoms with E-state index in [2.05, 4.69) is 11.6 Å². The maximum absolute atomic E-state index is 10.6. The fourth-order valence-electron chi connectivity index (χ4n) is 0.839. The number of allylic oxidation sites excluding steroid dienone is 1. The lowest BCUT2D eigenvalue weighted by atomic mass is 10.1. The van der Waals surface area contributed by atoms with Gasteiger partial charge in [-0.15, -0.1) is 0 Å². The molecule has 0 atom stereocenters. The molecule has 0 radical (unpaired) electrons. The van der Waals surface area contributed by atoms with Crippen LogP contribution >= 0.6 is 11.6 Å². The fourth-order valence-corrected chi connectivity index (χ4v) is 1.05. The predicted molar refractivity (Wildman–Crippen MR) is 50.9 cm³/mol. The first-order valence-electron chi connectivity index (χ1n) is 3.57. The molecule has 3 nitrogen and oxygen atoms in total. The summed E-state index contributed by atoms with van der Waals surface area (Å²) < 4.78 is 0. The van der Waals surface area contributed by atoms with Gasteiger partial charge in [0.1, 0.15) is 5.15 Å². The molecule has 0 unspecified atom stereocenters. The van der Waals surface area contributed by atoms with E-state index in [4.69, 9.17) is 16.7 Å². The topological polar surface area (TPSA) is 50.2 Å². The van der Waals surface area contributed by atoms with Crippen molar-refractivity contribution >= 4 is 23.1 Å². The molecule has 0 bridgehead atoms. The average molecular weight is 198 g/mol. The fraction of sp³-hybridized carbons (Fsp3) is 0.111. The third-order valence-electron chi connectivity index (χ3n) is 1.48. The number of carboxylic acids is 1. The second kappa shape index (κ2) is 3.58. The number of aromatic nitrogens is 1. The van der Waals surface area contributed by atoms with Gasteiger partial charge in [0.15, 0.2) is 0 Å². The molecule has 0 aliphatic rings. The summed E-state index contributed by atoms with van der Waals surface area (Å²) in [5.41, 5.74) is 1.31. The lowest BCUT2D eigenvalue weighted by molar-refractivity contribution is 0.0696. The molecular formula is C9H8ClNO2. The first-order valence-corrected chi connectivity index (χ1v) is 3.95. The first kappa shape index (κ1) is 9.74. The number of halogens is 1. The van der Waals surface area contributed by atoms with E-state index in [0.29, 0.717) is 11.3 Å². The lowest BCUT2D eigenvalue weighted by Gasteiger charge is -2.01. The van der Waals surface area contributed by atoms with E-state index in [0.717, 1.165) is 0 Å². The van der Waals surface area contributed by atoms with Gasteiger partial charge in [0.25, 0.3) is 0 Å². The molecule has 68 valence electrons. The monoisotopic (exact) mass is 197 g/mol. The van der Waals surface area contributed by atoms with Crippen LogP contribution in [0.3, 0.4) is 0 Å². The van der Waals surface area contributed by atoms with Crippen LogP contribution in [-0.2, 0) is 0 Å². The predicted octanol–water partition coefficient (Wildman–Crippen LogP) is 2.47. The van der Waals surface area contributed by atoms with Crippen LogP contribution in [0.1, 0.15) is 23.0 Å². The van der Waals surface area contributed by atoms with Gasteiger partial charge >= 0.3 is 5.97 Å². The number of carbonyl (C=O) groups is 1. The van der Waals surface area contributed by atoms with Crippen molar-refractivity contribution in [3.63, 3.8) is 0 Å². The van der Waals surface area contributed by atoms with Gasteiger partial charge < -0.3 is 5.11 Å². The summed E-state index contributed by atoms with van der Waals surface area (Å²) in [6.07, 6.45) is 0. The Kier molecular flexibility index (Phi) is 2.68. The van der Waals surface area contributed by atoms with Gasteiger partial charge in [-0.1, -0.05) is 18.2 Å². The summed E-state index contributed by atoms with van der Waals surface area (Å²) in [5, 5.41) is 8.86. The zero-order valence-corrected chi connectivity index (χ0v) is 7.80. The van der Waals surface area contributed by atoms with Crippen LogP contribution in [0.4, 0.5) is 0 Å². The molecule has 0 amide bonds. The zero-order chi connectivity index (χ0) is 10.0. The summed E-state index contributed by atoms with van der Waals surface area (Å²) >= 11 is 5.62. The SMILES string of the molecule is C=C(C)c1cc(C(=O)O)cc(Cl)n1. The van der Waals surface area contributed by atoms with Crippen molar-refractivity contribution in [1.29, 1.82) is 0 Å². The van der Waals surface area contributed by atoms with E-state index < -0.39 is 5.97 Å². The number of pyridine rings is 1. The van der Waals surface area contributed by atoms with Crippen LogP contribution < -0.4 is 0 Å². The van der Waals surface area contributed by atoms with Crippen LogP contribution in [-0.4, -0.2) is 16.1 Å². The summed E-state index contributed by atoms with van der Waals surface area (Å²) in [5.74, 6) is -1.02. The van der Waals surface area contributed by atoms with Crippen LogP contribution in [0.15, 0.2) is 18.7 Å². The van der Waals surface area contributed by atoms with Gasteiger partial charge in [-0.2, -0.15) is 0 Å². The van der Waals surface area contributed by atoms with E-state index in [9.17, 15) is 4.79 Å². The smallest absolute Gasteiger partial charge is 0.335 e. The molecule has 0 spiro atoms. The second-order valence-electron chi connectivity index (χ2n) is 2.65. The van der Waals surface area contributed by atoms with Crippen molar-refractivity contribution < 1.29 is 9.90 Å². The van der Waals surface area contributed by atoms with Crippen LogP contribution in [0, 0.1) is 0 Å². The molecule has 4 heteroatoms. The van der Waals surface area contributed by atoms with E-state index in [1.54, 1.807) is 6.92 Å². The Labute approximate surface area is 80.7 Å². The number of nitrogens with zero attached hydrogens (tertiary/aromatic N) is 1. The van der Waals surface area contributed by atoms with Gasteiger partial charge in [-0.3, -0.25) is 0 Å². The molecule has 1 N–H and O–H groups in total. The molecule has 13 heavy (non-hydrogen) atoms. The molecule has 0 aliphatic carbocycles. The van der Waals surface area contributed by atoms with E-state index >= 15 is 0 Å². The highest BCUT2D eigenvalue weighted by molar-refractivity contribution is 6.29. The van der Waals surface area contributed by atoms with Crippen molar-refractivity contribution in [1.82, 2.24) is 4.98 Å². The molecule has 0 fully saturated rings. The van der Waals surface area contributed by atoms with Crippen LogP contribution in [0.25, 0.3) is 5.57 Å². The third kappa shape index (κ3) is 2.29. The minimum atomic E-state index is -1.02. The number of hydrogen-bond donors (Lipinski definition) is 1. The van der Waals surface area contributed by atoms with Crippen molar-refractivity contribution in [2.75, 3.05) is 0 Å².